The van der Waals surface area contributed by atoms with Crippen LogP contribution in [0.3, 0.4) is 0 Å². The van der Waals surface area contributed by atoms with Gasteiger partial charge in [0.05, 0.1) is 6.61 Å². The zero-order chi connectivity index (χ0) is 20.7. The molecule has 9 nitrogen and oxygen atoms in total. The summed E-state index contributed by atoms with van der Waals surface area (Å²) >= 11 is 0. The van der Waals surface area contributed by atoms with Gasteiger partial charge in [-0.15, -0.1) is 5.06 Å². The van der Waals surface area contributed by atoms with E-state index in [-0.39, 0.29) is 31.8 Å². The first-order valence-electron chi connectivity index (χ1n) is 9.19. The second-order valence-corrected chi connectivity index (χ2v) is 6.97. The summed E-state index contributed by atoms with van der Waals surface area (Å²) in [6.45, 7) is 5.69. The van der Waals surface area contributed by atoms with Crippen LogP contribution in [0.5, 0.6) is 0 Å². The Hall–Kier alpha value is -2.97. The molecule has 1 atom stereocenters. The van der Waals surface area contributed by atoms with Crippen LogP contribution in [0.2, 0.25) is 0 Å². The van der Waals surface area contributed by atoms with E-state index in [9.17, 15) is 19.2 Å². The third kappa shape index (κ3) is 6.33. The predicted molar refractivity (Wildman–Crippen MR) is 97.6 cm³/mol. The first-order chi connectivity index (χ1) is 13.3. The lowest BCUT2D eigenvalue weighted by atomic mass is 10.0. The van der Waals surface area contributed by atoms with Gasteiger partial charge in [-0.2, -0.15) is 0 Å². The molecule has 3 amide bonds. The number of amides is 3. The molecule has 1 aromatic heterocycles. The van der Waals surface area contributed by atoms with Crippen LogP contribution in [0, 0.1) is 12.8 Å². The minimum Gasteiger partial charge on any atom is -0.449 e. The summed E-state index contributed by atoms with van der Waals surface area (Å²) in [5, 5.41) is 2.91. The van der Waals surface area contributed by atoms with Crippen molar-refractivity contribution in [3.63, 3.8) is 0 Å². The number of rotatable bonds is 8. The number of hydrogen-bond donors (Lipinski definition) is 1. The number of hydrogen-bond acceptors (Lipinski definition) is 7. The average Bonchev–Trinajstić information content (AvgIpc) is 2.93. The number of aryl methyl sites for hydroxylation is 1. The molecular weight excluding hydrogens is 366 g/mol. The van der Waals surface area contributed by atoms with Crippen molar-refractivity contribution in [2.75, 3.05) is 6.61 Å². The maximum Gasteiger partial charge on any atom is 0.407 e. The number of alkyl carbamates (subject to hydrolysis) is 1. The normalized spacial score (nSPS) is 14.9. The second-order valence-electron chi connectivity index (χ2n) is 6.97. The summed E-state index contributed by atoms with van der Waals surface area (Å²) in [6.07, 6.45) is -0.0731. The molecule has 0 saturated carbocycles. The zero-order valence-electron chi connectivity index (χ0n) is 16.3. The summed E-state index contributed by atoms with van der Waals surface area (Å²) in [5.41, 5.74) is 1.66. The molecule has 1 aliphatic heterocycles. The van der Waals surface area contributed by atoms with E-state index < -0.39 is 29.9 Å². The molecule has 0 aromatic carbocycles. The number of aromatic nitrogens is 1. The second kappa shape index (κ2) is 9.82. The number of nitrogens with one attached hydrogen (secondary N) is 1. The van der Waals surface area contributed by atoms with Gasteiger partial charge in [-0.1, -0.05) is 19.9 Å². The van der Waals surface area contributed by atoms with Gasteiger partial charge >= 0.3 is 12.1 Å². The number of nitrogens with zero attached hydrogens (tertiary/aromatic N) is 2. The maximum atomic E-state index is 12.3. The SMILES string of the molecule is Cc1cccc(CCOC(=O)N[C@@H](CC(C)C)C(=O)ON2C(=O)CCC2=O)n1. The van der Waals surface area contributed by atoms with Gasteiger partial charge in [0, 0.05) is 30.7 Å². The molecule has 28 heavy (non-hydrogen) atoms. The molecule has 0 aliphatic carbocycles. The van der Waals surface area contributed by atoms with Gasteiger partial charge in [0.2, 0.25) is 0 Å². The van der Waals surface area contributed by atoms with E-state index in [1.807, 2.05) is 39.0 Å². The van der Waals surface area contributed by atoms with Crippen molar-refractivity contribution in [2.24, 2.45) is 5.92 Å². The molecule has 1 aliphatic rings. The van der Waals surface area contributed by atoms with Crippen molar-refractivity contribution < 1.29 is 28.8 Å². The van der Waals surface area contributed by atoms with Gasteiger partial charge in [0.1, 0.15) is 6.04 Å². The van der Waals surface area contributed by atoms with Crippen LogP contribution in [0.25, 0.3) is 0 Å². The Morgan fingerprint density at radius 1 is 1.21 bits per heavy atom. The van der Waals surface area contributed by atoms with Gasteiger partial charge in [-0.3, -0.25) is 14.6 Å². The fourth-order valence-corrected chi connectivity index (χ4v) is 2.67. The van der Waals surface area contributed by atoms with E-state index in [2.05, 4.69) is 10.3 Å². The third-order valence-corrected chi connectivity index (χ3v) is 4.01. The highest BCUT2D eigenvalue weighted by atomic mass is 16.7. The van der Waals surface area contributed by atoms with Crippen molar-refractivity contribution in [3.8, 4) is 0 Å². The van der Waals surface area contributed by atoms with Gasteiger partial charge in [0.15, 0.2) is 0 Å². The largest absolute Gasteiger partial charge is 0.449 e. The highest BCUT2D eigenvalue weighted by Gasteiger charge is 2.35. The molecule has 0 radical (unpaired) electrons. The zero-order valence-corrected chi connectivity index (χ0v) is 16.3. The molecule has 152 valence electrons. The Kier molecular flexibility index (Phi) is 7.48. The Morgan fingerprint density at radius 2 is 1.89 bits per heavy atom. The van der Waals surface area contributed by atoms with E-state index in [4.69, 9.17) is 9.57 Å². The van der Waals surface area contributed by atoms with E-state index >= 15 is 0 Å². The molecule has 0 unspecified atom stereocenters. The Balaban J connectivity index is 1.87. The van der Waals surface area contributed by atoms with Gasteiger partial charge < -0.3 is 14.9 Å². The van der Waals surface area contributed by atoms with Gasteiger partial charge in [0.25, 0.3) is 11.8 Å². The van der Waals surface area contributed by atoms with Crippen LogP contribution >= 0.6 is 0 Å². The quantitative estimate of drug-likeness (QED) is 0.670. The lowest BCUT2D eigenvalue weighted by Crippen LogP contribution is -2.46. The average molecular weight is 391 g/mol. The number of carbonyl (C=O) groups is 4. The minimum atomic E-state index is -1.04. The number of pyridine rings is 1. The highest BCUT2D eigenvalue weighted by molar-refractivity contribution is 6.01. The van der Waals surface area contributed by atoms with Crippen LogP contribution in [0.15, 0.2) is 18.2 Å². The van der Waals surface area contributed by atoms with Crippen molar-refractivity contribution in [1.82, 2.24) is 15.4 Å². The van der Waals surface area contributed by atoms with E-state index in [0.29, 0.717) is 11.5 Å². The Morgan fingerprint density at radius 3 is 2.50 bits per heavy atom. The Labute approximate surface area is 163 Å². The van der Waals surface area contributed by atoms with Crippen LogP contribution < -0.4 is 5.32 Å². The number of carbonyl (C=O) groups excluding carboxylic acids is 4. The molecule has 0 bridgehead atoms. The summed E-state index contributed by atoms with van der Waals surface area (Å²) in [5.74, 6) is -1.97. The summed E-state index contributed by atoms with van der Waals surface area (Å²) in [7, 11) is 0. The monoisotopic (exact) mass is 391 g/mol. The number of imide groups is 1. The third-order valence-electron chi connectivity index (χ3n) is 4.01. The number of ether oxygens (including phenoxy) is 1. The van der Waals surface area contributed by atoms with E-state index in [1.54, 1.807) is 0 Å². The topological polar surface area (TPSA) is 115 Å². The summed E-state index contributed by atoms with van der Waals surface area (Å²) in [6, 6.07) is 4.53. The molecule has 0 spiro atoms. The molecule has 1 aromatic rings. The molecule has 1 saturated heterocycles. The lowest BCUT2D eigenvalue weighted by Gasteiger charge is -2.21. The van der Waals surface area contributed by atoms with Crippen LogP contribution in [-0.2, 0) is 30.4 Å². The smallest absolute Gasteiger partial charge is 0.407 e. The first-order valence-corrected chi connectivity index (χ1v) is 9.19. The van der Waals surface area contributed by atoms with Crippen molar-refractivity contribution in [3.05, 3.63) is 29.6 Å². The Bertz CT molecular complexity index is 733. The van der Waals surface area contributed by atoms with Crippen molar-refractivity contribution >= 4 is 23.9 Å². The first kappa shape index (κ1) is 21.3. The highest BCUT2D eigenvalue weighted by Crippen LogP contribution is 2.14. The van der Waals surface area contributed by atoms with Crippen molar-refractivity contribution in [2.45, 2.75) is 52.5 Å². The van der Waals surface area contributed by atoms with Crippen LogP contribution in [0.4, 0.5) is 4.79 Å². The van der Waals surface area contributed by atoms with Gasteiger partial charge in [-0.05, 0) is 31.4 Å². The lowest BCUT2D eigenvalue weighted by molar-refractivity contribution is -0.199. The fraction of sp³-hybridized carbons (Fsp3) is 0.526. The summed E-state index contributed by atoms with van der Waals surface area (Å²) in [4.78, 5) is 56.8. The van der Waals surface area contributed by atoms with E-state index in [0.717, 1.165) is 11.4 Å². The van der Waals surface area contributed by atoms with Crippen LogP contribution in [-0.4, -0.2) is 46.6 Å². The molecular formula is C19H25N3O6. The van der Waals surface area contributed by atoms with Gasteiger partial charge in [-0.25, -0.2) is 9.59 Å². The molecule has 2 rings (SSSR count). The fourth-order valence-electron chi connectivity index (χ4n) is 2.67. The molecule has 1 fully saturated rings. The predicted octanol–water partition coefficient (Wildman–Crippen LogP) is 1.68. The van der Waals surface area contributed by atoms with Crippen molar-refractivity contribution in [1.29, 1.82) is 0 Å². The summed E-state index contributed by atoms with van der Waals surface area (Å²) < 4.78 is 5.11. The molecule has 2 heterocycles. The van der Waals surface area contributed by atoms with E-state index in [1.165, 1.54) is 0 Å². The molecule has 9 heteroatoms. The molecule has 1 N–H and O–H groups in total. The minimum absolute atomic E-state index is 0.00340. The van der Waals surface area contributed by atoms with Crippen LogP contribution in [0.1, 0.15) is 44.5 Å². The maximum absolute atomic E-state index is 12.3. The number of hydroxylamine groups is 2. The standard InChI is InChI=1S/C19H25N3O6/c1-12(2)11-15(18(25)28-22-16(23)7-8-17(22)24)21-19(26)27-10-9-14-6-4-5-13(3)20-14/h4-6,12,15H,7-11H2,1-3H3,(H,21,26)/t15-/m0/s1.